The average molecular weight is 618 g/mol. The van der Waals surface area contributed by atoms with E-state index in [2.05, 4.69) is 5.32 Å². The Bertz CT molecular complexity index is 1650. The molecule has 0 spiro atoms. The highest BCUT2D eigenvalue weighted by Gasteiger charge is 2.34. The highest BCUT2D eigenvalue weighted by atomic mass is 32.2. The zero-order chi connectivity index (χ0) is 31.7. The summed E-state index contributed by atoms with van der Waals surface area (Å²) in [5.74, 6) is -1.03. The number of rotatable bonds is 13. The van der Waals surface area contributed by atoms with E-state index < -0.39 is 34.3 Å². The van der Waals surface area contributed by atoms with E-state index in [0.717, 1.165) is 45.3 Å². The van der Waals surface area contributed by atoms with Crippen LogP contribution in [0.25, 0.3) is 0 Å². The minimum atomic E-state index is -4.34. The van der Waals surface area contributed by atoms with Crippen LogP contribution in [0.3, 0.4) is 0 Å². The molecule has 0 aromatic heterocycles. The number of hydrogen-bond acceptors (Lipinski definition) is 5. The molecule has 0 bridgehead atoms. The number of anilines is 1. The van der Waals surface area contributed by atoms with Gasteiger partial charge in [-0.05, 0) is 73.5 Å². The first kappa shape index (κ1) is 32.2. The molecule has 0 aliphatic heterocycles. The number of aryl methyl sites for hydroxylation is 1. The summed E-state index contributed by atoms with van der Waals surface area (Å²) in [6.07, 6.45) is 0.214. The van der Waals surface area contributed by atoms with Crippen molar-refractivity contribution in [3.8, 4) is 5.75 Å². The number of amides is 2. The SMILES string of the molecule is CCOc1ccc(N(CC(=O)N(Cc2ccc(C)cc2)[C@H](Cc2ccccc2)C(=O)NC)S(=O)(=O)c2ccc(F)cc2)cc1. The molecule has 0 aliphatic rings. The minimum absolute atomic E-state index is 0.0672. The first-order valence-corrected chi connectivity index (χ1v) is 15.7. The molecule has 8 nitrogen and oxygen atoms in total. The van der Waals surface area contributed by atoms with Crippen LogP contribution in [-0.4, -0.2) is 51.4 Å². The van der Waals surface area contributed by atoms with E-state index in [0.29, 0.717) is 12.4 Å². The fraction of sp³-hybridized carbons (Fsp3) is 0.235. The van der Waals surface area contributed by atoms with Gasteiger partial charge in [0.2, 0.25) is 11.8 Å². The van der Waals surface area contributed by atoms with Crippen LogP contribution in [0.5, 0.6) is 5.75 Å². The molecular weight excluding hydrogens is 581 g/mol. The zero-order valence-electron chi connectivity index (χ0n) is 24.9. The van der Waals surface area contributed by atoms with Crippen LogP contribution >= 0.6 is 0 Å². The number of ether oxygens (including phenoxy) is 1. The van der Waals surface area contributed by atoms with Crippen molar-refractivity contribution in [3.63, 3.8) is 0 Å². The van der Waals surface area contributed by atoms with Gasteiger partial charge in [0, 0.05) is 20.0 Å². The van der Waals surface area contributed by atoms with Crippen LogP contribution in [0, 0.1) is 12.7 Å². The second-order valence-corrected chi connectivity index (χ2v) is 12.1. The van der Waals surface area contributed by atoms with Crippen LogP contribution in [0.2, 0.25) is 0 Å². The quantitative estimate of drug-likeness (QED) is 0.225. The van der Waals surface area contributed by atoms with E-state index in [1.165, 1.54) is 11.9 Å². The largest absolute Gasteiger partial charge is 0.494 e. The van der Waals surface area contributed by atoms with Crippen molar-refractivity contribution in [2.24, 2.45) is 0 Å². The van der Waals surface area contributed by atoms with Gasteiger partial charge in [-0.15, -0.1) is 0 Å². The highest BCUT2D eigenvalue weighted by molar-refractivity contribution is 7.92. The molecule has 0 aliphatic carbocycles. The van der Waals surface area contributed by atoms with E-state index in [-0.39, 0.29) is 29.5 Å². The second kappa shape index (κ2) is 14.7. The molecule has 4 rings (SSSR count). The first-order chi connectivity index (χ1) is 21.1. The molecule has 2 amide bonds. The smallest absolute Gasteiger partial charge is 0.264 e. The number of benzene rings is 4. The number of carbonyl (C=O) groups is 2. The van der Waals surface area contributed by atoms with E-state index in [1.807, 2.05) is 68.4 Å². The average Bonchev–Trinajstić information content (AvgIpc) is 3.03. The molecule has 10 heteroatoms. The number of hydrogen-bond donors (Lipinski definition) is 1. The summed E-state index contributed by atoms with van der Waals surface area (Å²) in [6, 6.07) is 26.7. The molecular formula is C34H36FN3O5S. The number of nitrogens with one attached hydrogen (secondary N) is 1. The summed E-state index contributed by atoms with van der Waals surface area (Å²) >= 11 is 0. The lowest BCUT2D eigenvalue weighted by molar-refractivity contribution is -0.139. The molecule has 4 aromatic rings. The number of sulfonamides is 1. The van der Waals surface area contributed by atoms with Crippen molar-refractivity contribution >= 4 is 27.5 Å². The third kappa shape index (κ3) is 8.02. The summed E-state index contributed by atoms with van der Waals surface area (Å²) in [5.41, 5.74) is 2.86. The molecule has 0 unspecified atom stereocenters. The van der Waals surface area contributed by atoms with Crippen molar-refractivity contribution in [3.05, 3.63) is 126 Å². The van der Waals surface area contributed by atoms with Crippen LogP contribution in [0.4, 0.5) is 10.1 Å². The molecule has 4 aromatic carbocycles. The normalized spacial score (nSPS) is 11.8. The molecule has 230 valence electrons. The Balaban J connectivity index is 1.78. The number of nitrogens with zero attached hydrogens (tertiary/aromatic N) is 2. The molecule has 0 radical (unpaired) electrons. The van der Waals surface area contributed by atoms with E-state index in [4.69, 9.17) is 4.74 Å². The third-order valence-corrected chi connectivity index (χ3v) is 8.90. The molecule has 0 heterocycles. The Morgan fingerprint density at radius 2 is 1.50 bits per heavy atom. The van der Waals surface area contributed by atoms with Gasteiger partial charge in [0.05, 0.1) is 17.2 Å². The highest BCUT2D eigenvalue weighted by Crippen LogP contribution is 2.27. The fourth-order valence-electron chi connectivity index (χ4n) is 4.75. The predicted molar refractivity (Wildman–Crippen MR) is 168 cm³/mol. The molecule has 0 saturated heterocycles. The van der Waals surface area contributed by atoms with Gasteiger partial charge < -0.3 is 15.0 Å². The van der Waals surface area contributed by atoms with Gasteiger partial charge in [-0.25, -0.2) is 12.8 Å². The second-order valence-electron chi connectivity index (χ2n) is 10.2. The van der Waals surface area contributed by atoms with Gasteiger partial charge in [0.15, 0.2) is 0 Å². The van der Waals surface area contributed by atoms with Gasteiger partial charge in [-0.3, -0.25) is 13.9 Å². The van der Waals surface area contributed by atoms with E-state index in [9.17, 15) is 22.4 Å². The summed E-state index contributed by atoms with van der Waals surface area (Å²) in [4.78, 5) is 28.9. The molecule has 44 heavy (non-hydrogen) atoms. The third-order valence-electron chi connectivity index (χ3n) is 7.11. The number of carbonyl (C=O) groups excluding carboxylic acids is 2. The maximum atomic E-state index is 14.3. The van der Waals surface area contributed by atoms with Crippen LogP contribution in [0.15, 0.2) is 108 Å². The molecule has 1 N–H and O–H groups in total. The number of halogens is 1. The Hall–Kier alpha value is -4.70. The van der Waals surface area contributed by atoms with E-state index in [1.54, 1.807) is 24.3 Å². The summed E-state index contributed by atoms with van der Waals surface area (Å²) in [5, 5.41) is 2.67. The monoisotopic (exact) mass is 617 g/mol. The lowest BCUT2D eigenvalue weighted by Crippen LogP contribution is -2.53. The van der Waals surface area contributed by atoms with Gasteiger partial charge in [-0.1, -0.05) is 60.2 Å². The van der Waals surface area contributed by atoms with Crippen molar-refractivity contribution < 1.29 is 27.1 Å². The van der Waals surface area contributed by atoms with Crippen molar-refractivity contribution in [2.75, 3.05) is 24.5 Å². The Morgan fingerprint density at radius 3 is 2.09 bits per heavy atom. The molecule has 0 fully saturated rings. The van der Waals surface area contributed by atoms with Crippen molar-refractivity contribution in [2.45, 2.75) is 37.8 Å². The van der Waals surface area contributed by atoms with Gasteiger partial charge in [-0.2, -0.15) is 0 Å². The van der Waals surface area contributed by atoms with Gasteiger partial charge >= 0.3 is 0 Å². The predicted octanol–water partition coefficient (Wildman–Crippen LogP) is 5.11. The lowest BCUT2D eigenvalue weighted by atomic mass is 10.0. The Morgan fingerprint density at radius 1 is 0.864 bits per heavy atom. The minimum Gasteiger partial charge on any atom is -0.494 e. The summed E-state index contributed by atoms with van der Waals surface area (Å²) < 4.78 is 48.2. The topological polar surface area (TPSA) is 96.0 Å². The summed E-state index contributed by atoms with van der Waals surface area (Å²) in [7, 11) is -2.84. The van der Waals surface area contributed by atoms with Crippen LogP contribution in [-0.2, 0) is 32.6 Å². The Labute approximate surface area is 258 Å². The van der Waals surface area contributed by atoms with Crippen LogP contribution < -0.4 is 14.4 Å². The zero-order valence-corrected chi connectivity index (χ0v) is 25.8. The van der Waals surface area contributed by atoms with Gasteiger partial charge in [0.25, 0.3) is 10.0 Å². The molecule has 1 atom stereocenters. The summed E-state index contributed by atoms with van der Waals surface area (Å²) in [6.45, 7) is 3.66. The van der Waals surface area contributed by atoms with E-state index >= 15 is 0 Å². The van der Waals surface area contributed by atoms with Crippen molar-refractivity contribution in [1.82, 2.24) is 10.2 Å². The lowest BCUT2D eigenvalue weighted by Gasteiger charge is -2.33. The fourth-order valence-corrected chi connectivity index (χ4v) is 6.16. The van der Waals surface area contributed by atoms with Gasteiger partial charge in [0.1, 0.15) is 24.2 Å². The maximum Gasteiger partial charge on any atom is 0.264 e. The maximum absolute atomic E-state index is 14.3. The standard InChI is InChI=1S/C34H36FN3O5S/c1-4-43-30-18-16-29(17-19-30)38(44(41,42)31-20-14-28(35)15-21-31)24-33(39)37(23-27-12-10-25(2)11-13-27)32(34(40)36-3)22-26-8-6-5-7-9-26/h5-21,32H,4,22-24H2,1-3H3,(H,36,40)/t32-/m1/s1. The number of likely N-dealkylation sites (N-methyl/N-ethyl adjacent to an activating group) is 1. The van der Waals surface area contributed by atoms with Crippen LogP contribution in [0.1, 0.15) is 23.6 Å². The Kier molecular flexibility index (Phi) is 10.7. The first-order valence-electron chi connectivity index (χ1n) is 14.2. The molecule has 0 saturated carbocycles. The van der Waals surface area contributed by atoms with Crippen molar-refractivity contribution in [1.29, 1.82) is 0 Å².